The van der Waals surface area contributed by atoms with Crippen molar-refractivity contribution in [2.45, 2.75) is 33.2 Å². The van der Waals surface area contributed by atoms with Gasteiger partial charge in [0.2, 0.25) is 5.91 Å². The molecule has 0 heterocycles. The first kappa shape index (κ1) is 16.4. The van der Waals surface area contributed by atoms with E-state index in [1.807, 2.05) is 50.9 Å². The van der Waals surface area contributed by atoms with E-state index in [0.29, 0.717) is 13.0 Å². The van der Waals surface area contributed by atoms with Gasteiger partial charge in [-0.2, -0.15) is 0 Å². The molecule has 0 fully saturated rings. The number of rotatable bonds is 6. The third-order valence-corrected chi connectivity index (χ3v) is 3.80. The topological polar surface area (TPSA) is 49.4 Å². The van der Waals surface area contributed by atoms with Crippen LogP contribution in [0.3, 0.4) is 0 Å². The van der Waals surface area contributed by atoms with E-state index in [0.717, 1.165) is 11.1 Å². The lowest BCUT2D eigenvalue weighted by Crippen LogP contribution is -2.38. The number of carbonyl (C=O) groups excluding carboxylic acids is 2. The van der Waals surface area contributed by atoms with Gasteiger partial charge in [-0.05, 0) is 45.0 Å². The summed E-state index contributed by atoms with van der Waals surface area (Å²) >= 11 is 0. The number of hydrogen-bond donors (Lipinski definition) is 1. The number of carbonyl (C=O) groups is 2. The summed E-state index contributed by atoms with van der Waals surface area (Å²) in [5.74, 6) is 0.0789. The summed E-state index contributed by atoms with van der Waals surface area (Å²) in [5.41, 5.74) is 3.03. The van der Waals surface area contributed by atoms with Crippen LogP contribution < -0.4 is 5.32 Å². The van der Waals surface area contributed by atoms with Crippen LogP contribution in [0.25, 0.3) is 0 Å². The van der Waals surface area contributed by atoms with Crippen molar-refractivity contribution in [2.75, 3.05) is 20.6 Å². The summed E-state index contributed by atoms with van der Waals surface area (Å²) in [6.07, 6.45) is 0.400. The highest BCUT2D eigenvalue weighted by Crippen LogP contribution is 2.13. The molecule has 1 unspecified atom stereocenters. The maximum absolute atomic E-state index is 12.4. The molecule has 0 aliphatic carbocycles. The second-order valence-electron chi connectivity index (χ2n) is 5.24. The number of likely N-dealkylation sites (N-methyl/N-ethyl adjacent to an activating group) is 1. The van der Waals surface area contributed by atoms with Crippen molar-refractivity contribution in [2.24, 2.45) is 0 Å². The quantitative estimate of drug-likeness (QED) is 0.808. The lowest BCUT2D eigenvalue weighted by molar-refractivity contribution is -0.120. The van der Waals surface area contributed by atoms with E-state index in [1.165, 1.54) is 5.56 Å². The van der Waals surface area contributed by atoms with E-state index in [2.05, 4.69) is 5.32 Å². The number of nitrogens with one attached hydrogen (secondary N) is 1. The van der Waals surface area contributed by atoms with E-state index in [1.54, 1.807) is 7.05 Å². The summed E-state index contributed by atoms with van der Waals surface area (Å²) in [6, 6.07) is 5.54. The molecule has 1 amide bonds. The van der Waals surface area contributed by atoms with Crippen LogP contribution in [-0.2, 0) is 4.79 Å². The highest BCUT2D eigenvalue weighted by atomic mass is 16.1. The second-order valence-corrected chi connectivity index (χ2v) is 5.24. The van der Waals surface area contributed by atoms with Crippen molar-refractivity contribution < 1.29 is 9.59 Å². The van der Waals surface area contributed by atoms with E-state index in [-0.39, 0.29) is 17.7 Å². The second kappa shape index (κ2) is 7.20. The van der Waals surface area contributed by atoms with Gasteiger partial charge in [0.15, 0.2) is 5.78 Å². The van der Waals surface area contributed by atoms with Gasteiger partial charge in [0.05, 0.1) is 6.04 Å². The van der Waals surface area contributed by atoms with Crippen LogP contribution >= 0.6 is 0 Å². The van der Waals surface area contributed by atoms with Crippen molar-refractivity contribution in [1.29, 1.82) is 0 Å². The Morgan fingerprint density at radius 3 is 2.45 bits per heavy atom. The molecule has 110 valence electrons. The van der Waals surface area contributed by atoms with Crippen molar-refractivity contribution in [3.63, 3.8) is 0 Å². The van der Waals surface area contributed by atoms with E-state index < -0.39 is 0 Å². The molecule has 0 aliphatic heterocycles. The first-order valence-electron chi connectivity index (χ1n) is 6.89. The number of benzene rings is 1. The molecular weight excluding hydrogens is 252 g/mol. The number of aryl methyl sites for hydroxylation is 2. The minimum absolute atomic E-state index is 0.0114. The molecule has 4 nitrogen and oxygen atoms in total. The maximum Gasteiger partial charge on any atom is 0.221 e. The fourth-order valence-electron chi connectivity index (χ4n) is 1.93. The molecule has 0 radical (unpaired) electrons. The number of nitrogens with zero attached hydrogens (tertiary/aromatic N) is 1. The molecule has 0 bridgehead atoms. The largest absolute Gasteiger partial charge is 0.359 e. The lowest BCUT2D eigenvalue weighted by atomic mass is 10.00. The zero-order valence-electron chi connectivity index (χ0n) is 13.0. The lowest BCUT2D eigenvalue weighted by Gasteiger charge is -2.23. The van der Waals surface area contributed by atoms with Crippen LogP contribution in [0.15, 0.2) is 18.2 Å². The number of ketones is 1. The van der Waals surface area contributed by atoms with Gasteiger partial charge >= 0.3 is 0 Å². The SMILES string of the molecule is CNC(=O)CCN(C)C(C)C(=O)c1ccc(C)c(C)c1. The predicted octanol–water partition coefficient (Wildman–Crippen LogP) is 1.94. The summed E-state index contributed by atoms with van der Waals surface area (Å²) in [7, 11) is 3.48. The Morgan fingerprint density at radius 1 is 1.25 bits per heavy atom. The smallest absolute Gasteiger partial charge is 0.221 e. The summed E-state index contributed by atoms with van der Waals surface area (Å²) in [5, 5.41) is 2.58. The summed E-state index contributed by atoms with van der Waals surface area (Å²) in [4.78, 5) is 25.6. The van der Waals surface area contributed by atoms with Gasteiger partial charge in [0.1, 0.15) is 0 Å². The van der Waals surface area contributed by atoms with Gasteiger partial charge in [-0.25, -0.2) is 0 Å². The van der Waals surface area contributed by atoms with Crippen LogP contribution in [-0.4, -0.2) is 43.3 Å². The minimum Gasteiger partial charge on any atom is -0.359 e. The van der Waals surface area contributed by atoms with Gasteiger partial charge in [-0.15, -0.1) is 0 Å². The molecule has 0 aliphatic rings. The van der Waals surface area contributed by atoms with Crippen molar-refractivity contribution in [1.82, 2.24) is 10.2 Å². The molecule has 20 heavy (non-hydrogen) atoms. The van der Waals surface area contributed by atoms with Gasteiger partial charge in [0.25, 0.3) is 0 Å². The molecule has 0 aromatic heterocycles. The summed E-state index contributed by atoms with van der Waals surface area (Å²) < 4.78 is 0. The number of hydrogen-bond acceptors (Lipinski definition) is 3. The third-order valence-electron chi connectivity index (χ3n) is 3.80. The highest BCUT2D eigenvalue weighted by Gasteiger charge is 2.20. The number of Topliss-reactive ketones (excluding diaryl/α,β-unsaturated/α-hetero) is 1. The molecule has 1 atom stereocenters. The first-order valence-corrected chi connectivity index (χ1v) is 6.89. The average Bonchev–Trinajstić information content (AvgIpc) is 2.45. The Hall–Kier alpha value is -1.68. The Kier molecular flexibility index (Phi) is 5.89. The van der Waals surface area contributed by atoms with E-state index >= 15 is 0 Å². The van der Waals surface area contributed by atoms with Crippen LogP contribution in [0.1, 0.15) is 34.8 Å². The molecular formula is C16H24N2O2. The van der Waals surface area contributed by atoms with E-state index in [9.17, 15) is 9.59 Å². The molecule has 4 heteroatoms. The first-order chi connectivity index (χ1) is 9.36. The third kappa shape index (κ3) is 4.17. The molecule has 0 saturated carbocycles. The normalized spacial score (nSPS) is 12.3. The van der Waals surface area contributed by atoms with E-state index in [4.69, 9.17) is 0 Å². The van der Waals surface area contributed by atoms with Crippen LogP contribution in [0, 0.1) is 13.8 Å². The Balaban J connectivity index is 2.70. The van der Waals surface area contributed by atoms with Crippen LogP contribution in [0.4, 0.5) is 0 Å². The van der Waals surface area contributed by atoms with Crippen LogP contribution in [0.2, 0.25) is 0 Å². The van der Waals surface area contributed by atoms with Crippen LogP contribution in [0.5, 0.6) is 0 Å². The monoisotopic (exact) mass is 276 g/mol. The maximum atomic E-state index is 12.4. The standard InChI is InChI=1S/C16H24N2O2/c1-11-6-7-14(10-12(11)2)16(20)13(3)18(5)9-8-15(19)17-4/h6-7,10,13H,8-9H2,1-5H3,(H,17,19). The van der Waals surface area contributed by atoms with Crippen molar-refractivity contribution in [3.05, 3.63) is 34.9 Å². The zero-order valence-corrected chi connectivity index (χ0v) is 13.0. The predicted molar refractivity (Wildman–Crippen MR) is 81.0 cm³/mol. The Bertz CT molecular complexity index is 497. The average molecular weight is 276 g/mol. The van der Waals surface area contributed by atoms with Crippen molar-refractivity contribution in [3.8, 4) is 0 Å². The van der Waals surface area contributed by atoms with Gasteiger partial charge in [-0.1, -0.05) is 12.1 Å². The fraction of sp³-hybridized carbons (Fsp3) is 0.500. The Morgan fingerprint density at radius 2 is 1.90 bits per heavy atom. The van der Waals surface area contributed by atoms with Crippen molar-refractivity contribution >= 4 is 11.7 Å². The number of amides is 1. The molecule has 1 rings (SSSR count). The van der Waals surface area contributed by atoms with Gasteiger partial charge in [-0.3, -0.25) is 14.5 Å². The molecule has 0 saturated heterocycles. The van der Waals surface area contributed by atoms with Gasteiger partial charge in [0, 0.05) is 25.6 Å². The Labute approximate surface area is 121 Å². The van der Waals surface area contributed by atoms with Gasteiger partial charge < -0.3 is 5.32 Å². The molecule has 0 spiro atoms. The minimum atomic E-state index is -0.234. The highest BCUT2D eigenvalue weighted by molar-refractivity contribution is 6.00. The fourth-order valence-corrected chi connectivity index (χ4v) is 1.93. The molecule has 1 N–H and O–H groups in total. The molecule has 1 aromatic carbocycles. The summed E-state index contributed by atoms with van der Waals surface area (Å²) in [6.45, 7) is 6.48. The molecule has 1 aromatic rings. The zero-order chi connectivity index (χ0) is 15.3.